The van der Waals surface area contributed by atoms with Gasteiger partial charge in [-0.15, -0.1) is 0 Å². The van der Waals surface area contributed by atoms with Crippen LogP contribution in [0.1, 0.15) is 17.4 Å². The standard InChI is InChI=1S/C16H13ClFNO/c1-19-16(12-7-6-11(17)9-13(12)18)15-8-10-4-2-3-5-14(10)20-15/h2-9,16,19H,1H3. The van der Waals surface area contributed by atoms with Crippen molar-refractivity contribution in [3.05, 3.63) is 70.7 Å². The molecule has 0 spiro atoms. The molecular weight excluding hydrogens is 277 g/mol. The summed E-state index contributed by atoms with van der Waals surface area (Å²) in [6.45, 7) is 0. The molecule has 0 radical (unpaired) electrons. The van der Waals surface area contributed by atoms with Gasteiger partial charge in [-0.2, -0.15) is 0 Å². The Morgan fingerprint density at radius 1 is 1.15 bits per heavy atom. The highest BCUT2D eigenvalue weighted by Gasteiger charge is 2.20. The number of hydrogen-bond donors (Lipinski definition) is 1. The quantitative estimate of drug-likeness (QED) is 0.766. The summed E-state index contributed by atoms with van der Waals surface area (Å²) in [6.07, 6.45) is 0. The maximum atomic E-state index is 14.1. The predicted molar refractivity (Wildman–Crippen MR) is 78.5 cm³/mol. The first-order chi connectivity index (χ1) is 9.69. The van der Waals surface area contributed by atoms with E-state index in [1.165, 1.54) is 6.07 Å². The molecule has 1 unspecified atom stereocenters. The van der Waals surface area contributed by atoms with Gasteiger partial charge in [0.15, 0.2) is 0 Å². The zero-order valence-electron chi connectivity index (χ0n) is 10.9. The van der Waals surface area contributed by atoms with Crippen molar-refractivity contribution in [1.29, 1.82) is 0 Å². The molecular formula is C16H13ClFNO. The van der Waals surface area contributed by atoms with Crippen molar-refractivity contribution >= 4 is 22.6 Å². The van der Waals surface area contributed by atoms with Crippen LogP contribution in [-0.2, 0) is 0 Å². The van der Waals surface area contributed by atoms with Crippen LogP contribution in [0.25, 0.3) is 11.0 Å². The zero-order valence-corrected chi connectivity index (χ0v) is 11.6. The predicted octanol–water partition coefficient (Wildman–Crippen LogP) is 4.53. The molecule has 2 nitrogen and oxygen atoms in total. The summed E-state index contributed by atoms with van der Waals surface area (Å²) >= 11 is 5.79. The number of benzene rings is 2. The molecule has 0 amide bonds. The number of rotatable bonds is 3. The van der Waals surface area contributed by atoms with E-state index in [2.05, 4.69) is 5.32 Å². The fourth-order valence-electron chi connectivity index (χ4n) is 2.33. The van der Waals surface area contributed by atoms with Crippen molar-refractivity contribution in [2.24, 2.45) is 0 Å². The van der Waals surface area contributed by atoms with Gasteiger partial charge in [0.05, 0.1) is 6.04 Å². The average molecular weight is 290 g/mol. The number of nitrogens with one attached hydrogen (secondary N) is 1. The van der Waals surface area contributed by atoms with E-state index in [-0.39, 0.29) is 11.9 Å². The number of hydrogen-bond acceptors (Lipinski definition) is 2. The minimum atomic E-state index is -0.350. The number of para-hydroxylation sites is 1. The van der Waals surface area contributed by atoms with Gasteiger partial charge in [-0.3, -0.25) is 0 Å². The summed E-state index contributed by atoms with van der Waals surface area (Å²) in [5.41, 5.74) is 1.30. The molecule has 0 aliphatic carbocycles. The third kappa shape index (κ3) is 2.30. The summed E-state index contributed by atoms with van der Waals surface area (Å²) in [7, 11) is 1.77. The van der Waals surface area contributed by atoms with Gasteiger partial charge in [-0.05, 0) is 31.3 Å². The molecule has 0 aliphatic rings. The van der Waals surface area contributed by atoms with Gasteiger partial charge in [0.1, 0.15) is 17.2 Å². The van der Waals surface area contributed by atoms with E-state index >= 15 is 0 Å². The molecule has 20 heavy (non-hydrogen) atoms. The average Bonchev–Trinajstić information content (AvgIpc) is 2.85. The second kappa shape index (κ2) is 5.27. The Kier molecular flexibility index (Phi) is 3.47. The van der Waals surface area contributed by atoms with Gasteiger partial charge >= 0.3 is 0 Å². The first kappa shape index (κ1) is 13.2. The van der Waals surface area contributed by atoms with Crippen LogP contribution in [0.2, 0.25) is 5.02 Å². The molecule has 2 aromatic carbocycles. The fraction of sp³-hybridized carbons (Fsp3) is 0.125. The van der Waals surface area contributed by atoms with E-state index in [4.69, 9.17) is 16.0 Å². The van der Waals surface area contributed by atoms with E-state index in [1.54, 1.807) is 19.2 Å². The van der Waals surface area contributed by atoms with Crippen molar-refractivity contribution in [2.75, 3.05) is 7.05 Å². The van der Waals surface area contributed by atoms with Crippen LogP contribution in [0.4, 0.5) is 4.39 Å². The van der Waals surface area contributed by atoms with Crippen LogP contribution in [0.15, 0.2) is 52.9 Å². The minimum absolute atomic E-state index is 0.348. The van der Waals surface area contributed by atoms with Gasteiger partial charge in [0, 0.05) is 16.0 Å². The lowest BCUT2D eigenvalue weighted by atomic mass is 10.0. The highest BCUT2D eigenvalue weighted by atomic mass is 35.5. The van der Waals surface area contributed by atoms with Crippen LogP contribution in [0.3, 0.4) is 0 Å². The molecule has 102 valence electrons. The summed E-state index contributed by atoms with van der Waals surface area (Å²) in [6, 6.07) is 13.9. The highest BCUT2D eigenvalue weighted by Crippen LogP contribution is 2.30. The fourth-order valence-corrected chi connectivity index (χ4v) is 2.49. The molecule has 0 saturated carbocycles. The van der Waals surface area contributed by atoms with Crippen molar-refractivity contribution in [3.63, 3.8) is 0 Å². The number of fused-ring (bicyclic) bond motifs is 1. The molecule has 0 aliphatic heterocycles. The van der Waals surface area contributed by atoms with Crippen LogP contribution in [-0.4, -0.2) is 7.05 Å². The normalized spacial score (nSPS) is 12.8. The second-order valence-electron chi connectivity index (χ2n) is 4.57. The molecule has 0 fully saturated rings. The lowest BCUT2D eigenvalue weighted by molar-refractivity contribution is 0.476. The molecule has 1 heterocycles. The number of furan rings is 1. The number of halogens is 2. The highest BCUT2D eigenvalue weighted by molar-refractivity contribution is 6.30. The van der Waals surface area contributed by atoms with E-state index in [9.17, 15) is 4.39 Å². The van der Waals surface area contributed by atoms with Crippen molar-refractivity contribution in [2.45, 2.75) is 6.04 Å². The van der Waals surface area contributed by atoms with Crippen molar-refractivity contribution < 1.29 is 8.81 Å². The van der Waals surface area contributed by atoms with E-state index < -0.39 is 0 Å². The van der Waals surface area contributed by atoms with Crippen LogP contribution in [0, 0.1) is 5.82 Å². The first-order valence-corrected chi connectivity index (χ1v) is 6.67. The van der Waals surface area contributed by atoms with Gasteiger partial charge in [-0.1, -0.05) is 35.9 Å². The zero-order chi connectivity index (χ0) is 14.1. The SMILES string of the molecule is CNC(c1cc2ccccc2o1)c1ccc(Cl)cc1F. The summed E-state index contributed by atoms with van der Waals surface area (Å²) in [4.78, 5) is 0. The lowest BCUT2D eigenvalue weighted by Crippen LogP contribution is -2.18. The smallest absolute Gasteiger partial charge is 0.134 e. The first-order valence-electron chi connectivity index (χ1n) is 6.29. The molecule has 1 aromatic heterocycles. The van der Waals surface area contributed by atoms with Crippen molar-refractivity contribution in [3.8, 4) is 0 Å². The summed E-state index contributed by atoms with van der Waals surface area (Å²) < 4.78 is 19.9. The van der Waals surface area contributed by atoms with Crippen LogP contribution in [0.5, 0.6) is 0 Å². The topological polar surface area (TPSA) is 25.2 Å². The molecule has 3 rings (SSSR count). The Labute approximate surface area is 121 Å². The molecule has 3 aromatic rings. The van der Waals surface area contributed by atoms with Gasteiger partial charge in [0.2, 0.25) is 0 Å². The van der Waals surface area contributed by atoms with Gasteiger partial charge in [-0.25, -0.2) is 4.39 Å². The van der Waals surface area contributed by atoms with E-state index in [0.29, 0.717) is 16.3 Å². The summed E-state index contributed by atoms with van der Waals surface area (Å²) in [5.74, 6) is 0.326. The Hall–Kier alpha value is -1.84. The maximum Gasteiger partial charge on any atom is 0.134 e. The third-order valence-corrected chi connectivity index (χ3v) is 3.53. The van der Waals surface area contributed by atoms with E-state index in [0.717, 1.165) is 11.0 Å². The Balaban J connectivity index is 2.08. The molecule has 0 saturated heterocycles. The Morgan fingerprint density at radius 2 is 1.95 bits per heavy atom. The molecule has 1 N–H and O–H groups in total. The van der Waals surface area contributed by atoms with Crippen molar-refractivity contribution in [1.82, 2.24) is 5.32 Å². The summed E-state index contributed by atoms with van der Waals surface area (Å²) in [5, 5.41) is 4.46. The molecule has 1 atom stereocenters. The Bertz CT molecular complexity index is 720. The van der Waals surface area contributed by atoms with E-state index in [1.807, 2.05) is 30.3 Å². The van der Waals surface area contributed by atoms with Crippen LogP contribution >= 0.6 is 11.6 Å². The molecule has 0 bridgehead atoms. The largest absolute Gasteiger partial charge is 0.459 e. The molecule has 4 heteroatoms. The monoisotopic (exact) mass is 289 g/mol. The third-order valence-electron chi connectivity index (χ3n) is 3.29. The minimum Gasteiger partial charge on any atom is -0.459 e. The van der Waals surface area contributed by atoms with Crippen LogP contribution < -0.4 is 5.32 Å². The van der Waals surface area contributed by atoms with Gasteiger partial charge in [0.25, 0.3) is 0 Å². The second-order valence-corrected chi connectivity index (χ2v) is 5.01. The maximum absolute atomic E-state index is 14.1. The van der Waals surface area contributed by atoms with Gasteiger partial charge < -0.3 is 9.73 Å². The lowest BCUT2D eigenvalue weighted by Gasteiger charge is -2.15. The Morgan fingerprint density at radius 3 is 2.65 bits per heavy atom.